The molecular formula is C17H15BrN2O. The van der Waals surface area contributed by atoms with Crippen molar-refractivity contribution < 1.29 is 4.74 Å². The summed E-state index contributed by atoms with van der Waals surface area (Å²) in [6.07, 6.45) is 0.0704. The van der Waals surface area contributed by atoms with Crippen LogP contribution in [0.4, 0.5) is 0 Å². The zero-order valence-electron chi connectivity index (χ0n) is 11.9. The number of ether oxygens (including phenoxy) is 1. The number of hydrogen-bond donors (Lipinski definition) is 0. The second-order valence-electron chi connectivity index (χ2n) is 5.04. The highest BCUT2D eigenvalue weighted by atomic mass is 79.9. The molecule has 3 rings (SSSR count). The minimum absolute atomic E-state index is 0.0704. The summed E-state index contributed by atoms with van der Waals surface area (Å²) in [6.45, 7) is 3.99. The molecule has 3 aromatic rings. The van der Waals surface area contributed by atoms with Gasteiger partial charge < -0.3 is 4.74 Å². The van der Waals surface area contributed by atoms with Gasteiger partial charge in [-0.3, -0.25) is 0 Å². The number of fused-ring (bicyclic) bond motifs is 1. The molecule has 1 heterocycles. The van der Waals surface area contributed by atoms with Crippen molar-refractivity contribution in [2.75, 3.05) is 0 Å². The Morgan fingerprint density at radius 3 is 2.38 bits per heavy atom. The smallest absolute Gasteiger partial charge is 0.225 e. The summed E-state index contributed by atoms with van der Waals surface area (Å²) in [7, 11) is 0. The van der Waals surface area contributed by atoms with Crippen LogP contribution >= 0.6 is 15.9 Å². The van der Waals surface area contributed by atoms with Crippen molar-refractivity contribution in [2.24, 2.45) is 0 Å². The number of para-hydroxylation sites is 1. The Morgan fingerprint density at radius 2 is 1.67 bits per heavy atom. The first-order valence-electron chi connectivity index (χ1n) is 6.83. The van der Waals surface area contributed by atoms with E-state index in [1.165, 1.54) is 0 Å². The van der Waals surface area contributed by atoms with Crippen LogP contribution in [-0.2, 0) is 0 Å². The minimum Gasteiger partial charge on any atom is -0.474 e. The predicted molar refractivity (Wildman–Crippen MR) is 88.4 cm³/mol. The summed E-state index contributed by atoms with van der Waals surface area (Å²) < 4.78 is 6.89. The minimum atomic E-state index is 0.0704. The molecule has 0 unspecified atom stereocenters. The van der Waals surface area contributed by atoms with E-state index in [9.17, 15) is 0 Å². The predicted octanol–water partition coefficient (Wildman–Crippen LogP) is 4.85. The van der Waals surface area contributed by atoms with Crippen LogP contribution in [0.1, 0.15) is 13.8 Å². The van der Waals surface area contributed by atoms with Gasteiger partial charge in [-0.2, -0.15) is 4.98 Å². The van der Waals surface area contributed by atoms with Gasteiger partial charge >= 0.3 is 0 Å². The van der Waals surface area contributed by atoms with Gasteiger partial charge in [0.15, 0.2) is 5.82 Å². The maximum atomic E-state index is 5.85. The van der Waals surface area contributed by atoms with Gasteiger partial charge in [-0.15, -0.1) is 0 Å². The van der Waals surface area contributed by atoms with E-state index >= 15 is 0 Å². The molecule has 3 nitrogen and oxygen atoms in total. The monoisotopic (exact) mass is 342 g/mol. The van der Waals surface area contributed by atoms with Crippen LogP contribution in [0.5, 0.6) is 5.88 Å². The molecule has 2 aromatic carbocycles. The fourth-order valence-electron chi connectivity index (χ4n) is 2.09. The Kier molecular flexibility index (Phi) is 3.88. The molecule has 0 fully saturated rings. The first-order chi connectivity index (χ1) is 10.1. The van der Waals surface area contributed by atoms with Crippen LogP contribution in [0.15, 0.2) is 53.0 Å². The van der Waals surface area contributed by atoms with Crippen LogP contribution in [-0.4, -0.2) is 16.1 Å². The number of rotatable bonds is 3. The largest absolute Gasteiger partial charge is 0.474 e. The molecule has 4 heteroatoms. The number of halogens is 1. The van der Waals surface area contributed by atoms with Crippen LogP contribution in [0.3, 0.4) is 0 Å². The summed E-state index contributed by atoms with van der Waals surface area (Å²) in [4.78, 5) is 9.23. The Morgan fingerprint density at radius 1 is 0.952 bits per heavy atom. The summed E-state index contributed by atoms with van der Waals surface area (Å²) in [5.41, 5.74) is 1.86. The third kappa shape index (κ3) is 3.05. The Labute approximate surface area is 132 Å². The van der Waals surface area contributed by atoms with E-state index < -0.39 is 0 Å². The molecule has 0 radical (unpaired) electrons. The Bertz CT molecular complexity index is 769. The van der Waals surface area contributed by atoms with Gasteiger partial charge in [0.25, 0.3) is 0 Å². The van der Waals surface area contributed by atoms with Gasteiger partial charge in [-0.1, -0.05) is 40.2 Å². The third-order valence-electron chi connectivity index (χ3n) is 3.02. The summed E-state index contributed by atoms with van der Waals surface area (Å²) in [6, 6.07) is 15.9. The number of benzene rings is 2. The second kappa shape index (κ2) is 5.82. The van der Waals surface area contributed by atoms with Gasteiger partial charge in [0.1, 0.15) is 0 Å². The normalized spacial score (nSPS) is 11.0. The molecule has 0 aliphatic heterocycles. The van der Waals surface area contributed by atoms with E-state index in [2.05, 4.69) is 25.9 Å². The topological polar surface area (TPSA) is 35.0 Å². The number of hydrogen-bond acceptors (Lipinski definition) is 3. The lowest BCUT2D eigenvalue weighted by molar-refractivity contribution is 0.236. The molecule has 0 N–H and O–H groups in total. The van der Waals surface area contributed by atoms with Crippen LogP contribution in [0.2, 0.25) is 0 Å². The SMILES string of the molecule is CC(C)Oc1nc(-c2ccc(Br)cc2)nc2ccccc12. The lowest BCUT2D eigenvalue weighted by Gasteiger charge is -2.12. The first-order valence-corrected chi connectivity index (χ1v) is 7.62. The zero-order valence-corrected chi connectivity index (χ0v) is 13.5. The van der Waals surface area contributed by atoms with Crippen molar-refractivity contribution in [1.29, 1.82) is 0 Å². The van der Waals surface area contributed by atoms with Crippen molar-refractivity contribution in [3.63, 3.8) is 0 Å². The molecule has 0 bridgehead atoms. The quantitative estimate of drug-likeness (QED) is 0.682. The number of nitrogens with zero attached hydrogens (tertiary/aromatic N) is 2. The lowest BCUT2D eigenvalue weighted by Crippen LogP contribution is -2.08. The van der Waals surface area contributed by atoms with E-state index in [1.807, 2.05) is 62.4 Å². The highest BCUT2D eigenvalue weighted by Gasteiger charge is 2.11. The van der Waals surface area contributed by atoms with Crippen LogP contribution in [0.25, 0.3) is 22.3 Å². The summed E-state index contributed by atoms with van der Waals surface area (Å²) in [5, 5.41) is 0.937. The first kappa shape index (κ1) is 14.0. The molecule has 0 aliphatic rings. The fourth-order valence-corrected chi connectivity index (χ4v) is 2.35. The molecule has 0 amide bonds. The van der Waals surface area contributed by atoms with E-state index in [4.69, 9.17) is 4.74 Å². The lowest BCUT2D eigenvalue weighted by atomic mass is 10.2. The summed E-state index contributed by atoms with van der Waals surface area (Å²) >= 11 is 3.44. The van der Waals surface area contributed by atoms with Gasteiger partial charge in [0.2, 0.25) is 5.88 Å². The molecule has 0 spiro atoms. The summed E-state index contributed by atoms with van der Waals surface area (Å²) in [5.74, 6) is 1.31. The second-order valence-corrected chi connectivity index (χ2v) is 5.96. The van der Waals surface area contributed by atoms with Crippen molar-refractivity contribution in [2.45, 2.75) is 20.0 Å². The van der Waals surface area contributed by atoms with E-state index in [-0.39, 0.29) is 6.10 Å². The standard InChI is InChI=1S/C17H15BrN2O/c1-11(2)21-17-14-5-3-4-6-15(14)19-16(20-17)12-7-9-13(18)10-8-12/h3-11H,1-2H3. The highest BCUT2D eigenvalue weighted by molar-refractivity contribution is 9.10. The average molecular weight is 343 g/mol. The van der Waals surface area contributed by atoms with Crippen molar-refractivity contribution in [3.05, 3.63) is 53.0 Å². The van der Waals surface area contributed by atoms with Gasteiger partial charge in [0, 0.05) is 10.0 Å². The highest BCUT2D eigenvalue weighted by Crippen LogP contribution is 2.27. The maximum absolute atomic E-state index is 5.85. The molecule has 106 valence electrons. The molecule has 0 aliphatic carbocycles. The Balaban J connectivity index is 2.17. The Hall–Kier alpha value is -1.94. The molecule has 0 atom stereocenters. The molecule has 0 saturated carbocycles. The third-order valence-corrected chi connectivity index (χ3v) is 3.55. The number of aromatic nitrogens is 2. The van der Waals surface area contributed by atoms with E-state index in [0.717, 1.165) is 20.9 Å². The molecule has 21 heavy (non-hydrogen) atoms. The van der Waals surface area contributed by atoms with E-state index in [1.54, 1.807) is 0 Å². The fraction of sp³-hybridized carbons (Fsp3) is 0.176. The zero-order chi connectivity index (χ0) is 14.8. The maximum Gasteiger partial charge on any atom is 0.225 e. The van der Waals surface area contributed by atoms with Crippen LogP contribution < -0.4 is 4.74 Å². The molecule has 0 saturated heterocycles. The van der Waals surface area contributed by atoms with Crippen molar-refractivity contribution in [3.8, 4) is 17.3 Å². The van der Waals surface area contributed by atoms with Gasteiger partial charge in [-0.25, -0.2) is 4.98 Å². The molecule has 1 aromatic heterocycles. The van der Waals surface area contributed by atoms with Crippen molar-refractivity contribution >= 4 is 26.8 Å². The van der Waals surface area contributed by atoms with Crippen molar-refractivity contribution in [1.82, 2.24) is 9.97 Å². The molecular weight excluding hydrogens is 328 g/mol. The van der Waals surface area contributed by atoms with E-state index in [0.29, 0.717) is 11.7 Å². The van der Waals surface area contributed by atoms with Gasteiger partial charge in [-0.05, 0) is 38.1 Å². The van der Waals surface area contributed by atoms with Gasteiger partial charge in [0.05, 0.1) is 17.0 Å². The van der Waals surface area contributed by atoms with Crippen LogP contribution in [0, 0.1) is 0 Å². The average Bonchev–Trinajstić information content (AvgIpc) is 2.47.